The molecular weight excluding hydrogens is 380 g/mol. The Kier molecular flexibility index (Phi) is 9.00. The van der Waals surface area contributed by atoms with Gasteiger partial charge in [0.1, 0.15) is 6.04 Å². The van der Waals surface area contributed by atoms with Crippen LogP contribution in [0.1, 0.15) is 27.0 Å². The Morgan fingerprint density at radius 2 is 1.77 bits per heavy atom. The third-order valence-electron chi connectivity index (χ3n) is 4.64. The van der Waals surface area contributed by atoms with Gasteiger partial charge in [0, 0.05) is 19.0 Å². The highest BCUT2D eigenvalue weighted by Gasteiger charge is 2.26. The predicted octanol–water partition coefficient (Wildman–Crippen LogP) is 3.39. The van der Waals surface area contributed by atoms with E-state index in [1.54, 1.807) is 24.3 Å². The van der Waals surface area contributed by atoms with E-state index in [9.17, 15) is 9.59 Å². The number of carbonyl (C=O) groups excluding carboxylic acids is 2. The lowest BCUT2D eigenvalue weighted by Crippen LogP contribution is -2.48. The molecule has 0 aliphatic heterocycles. The molecule has 0 spiro atoms. The van der Waals surface area contributed by atoms with Gasteiger partial charge in [0.25, 0.3) is 11.8 Å². The summed E-state index contributed by atoms with van der Waals surface area (Å²) in [5.74, 6) is -0.711. The number of nitrogens with zero attached hydrogens (tertiary/aromatic N) is 1. The zero-order valence-corrected chi connectivity index (χ0v) is 17.5. The summed E-state index contributed by atoms with van der Waals surface area (Å²) < 4.78 is 5.49. The average Bonchev–Trinajstić information content (AvgIpc) is 2.78. The first-order valence-corrected chi connectivity index (χ1v) is 9.61. The minimum atomic E-state index is -0.814. The number of amides is 2. The van der Waals surface area contributed by atoms with Gasteiger partial charge < -0.3 is 10.1 Å². The molecule has 0 bridgehead atoms. The quantitative estimate of drug-likeness (QED) is 0.352. The van der Waals surface area contributed by atoms with Gasteiger partial charge in [0.15, 0.2) is 0 Å². The number of hydroxylamine groups is 2. The second-order valence-electron chi connectivity index (χ2n) is 6.61. The molecule has 0 radical (unpaired) electrons. The fourth-order valence-electron chi connectivity index (χ4n) is 3.00. The van der Waals surface area contributed by atoms with E-state index in [1.807, 2.05) is 36.4 Å². The van der Waals surface area contributed by atoms with Crippen molar-refractivity contribution < 1.29 is 19.2 Å². The standard InChI is InChI=1S/C24H28N2O4/c1-5-15-30-17-20-13-9-10-14-21(20)23(27)25-22(24(28)26(3)29-4)16-19-12-8-7-11-18(19)6-2/h5-14,22H,1-2,15-17H2,3-4H3,(H,25,27)/t22-/m0/s1. The number of hydrogen-bond donors (Lipinski definition) is 1. The molecule has 2 rings (SSSR count). The molecule has 0 unspecified atom stereocenters. The summed E-state index contributed by atoms with van der Waals surface area (Å²) in [7, 11) is 2.92. The first kappa shape index (κ1) is 23.1. The molecule has 6 heteroatoms. The molecule has 0 fully saturated rings. The summed E-state index contributed by atoms with van der Waals surface area (Å²) in [5.41, 5.74) is 2.99. The van der Waals surface area contributed by atoms with Crippen LogP contribution in [-0.2, 0) is 27.4 Å². The lowest BCUT2D eigenvalue weighted by atomic mass is 9.99. The number of likely N-dealkylation sites (N-methyl/N-ethyl adjacent to an activating group) is 1. The third-order valence-corrected chi connectivity index (χ3v) is 4.64. The fourth-order valence-corrected chi connectivity index (χ4v) is 3.00. The number of benzene rings is 2. The maximum atomic E-state index is 13.1. The lowest BCUT2D eigenvalue weighted by molar-refractivity contribution is -0.170. The second-order valence-corrected chi connectivity index (χ2v) is 6.61. The number of nitrogens with one attached hydrogen (secondary N) is 1. The number of ether oxygens (including phenoxy) is 1. The van der Waals surface area contributed by atoms with Crippen molar-refractivity contribution in [3.05, 3.63) is 90.0 Å². The molecule has 0 saturated heterocycles. The van der Waals surface area contributed by atoms with E-state index in [1.165, 1.54) is 14.2 Å². The van der Waals surface area contributed by atoms with Gasteiger partial charge in [0.2, 0.25) is 0 Å². The van der Waals surface area contributed by atoms with Crippen LogP contribution < -0.4 is 5.32 Å². The molecule has 0 aromatic heterocycles. The maximum Gasteiger partial charge on any atom is 0.268 e. The highest BCUT2D eigenvalue weighted by Crippen LogP contribution is 2.15. The van der Waals surface area contributed by atoms with Gasteiger partial charge in [0.05, 0.1) is 20.3 Å². The molecule has 1 N–H and O–H groups in total. The van der Waals surface area contributed by atoms with E-state index in [0.29, 0.717) is 18.6 Å². The van der Waals surface area contributed by atoms with Gasteiger partial charge >= 0.3 is 0 Å². The number of hydrogen-bond acceptors (Lipinski definition) is 4. The highest BCUT2D eigenvalue weighted by molar-refractivity contribution is 5.98. The average molecular weight is 408 g/mol. The van der Waals surface area contributed by atoms with Crippen molar-refractivity contribution in [3.8, 4) is 0 Å². The summed E-state index contributed by atoms with van der Waals surface area (Å²) in [6, 6.07) is 13.9. The number of rotatable bonds is 11. The van der Waals surface area contributed by atoms with Gasteiger partial charge in [-0.25, -0.2) is 5.06 Å². The summed E-state index contributed by atoms with van der Waals surface area (Å²) >= 11 is 0. The molecule has 0 saturated carbocycles. The Labute approximate surface area is 177 Å². The van der Waals surface area contributed by atoms with Crippen LogP contribution in [0.4, 0.5) is 0 Å². The molecule has 30 heavy (non-hydrogen) atoms. The molecule has 0 heterocycles. The van der Waals surface area contributed by atoms with Crippen molar-refractivity contribution in [2.75, 3.05) is 20.8 Å². The van der Waals surface area contributed by atoms with Crippen LogP contribution in [0.3, 0.4) is 0 Å². The molecular formula is C24H28N2O4. The normalized spacial score (nSPS) is 11.4. The third kappa shape index (κ3) is 6.14. The molecule has 2 aromatic carbocycles. The molecule has 0 aliphatic rings. The summed E-state index contributed by atoms with van der Waals surface area (Å²) in [4.78, 5) is 31.0. The molecule has 6 nitrogen and oxygen atoms in total. The van der Waals surface area contributed by atoms with Gasteiger partial charge in [-0.2, -0.15) is 0 Å². The van der Waals surface area contributed by atoms with Crippen LogP contribution in [0.2, 0.25) is 0 Å². The Morgan fingerprint density at radius 3 is 2.43 bits per heavy atom. The Bertz CT molecular complexity index is 894. The van der Waals surface area contributed by atoms with Crippen LogP contribution in [0.25, 0.3) is 6.08 Å². The minimum Gasteiger partial charge on any atom is -0.373 e. The summed E-state index contributed by atoms with van der Waals surface area (Å²) in [6.45, 7) is 8.10. The SMILES string of the molecule is C=CCOCc1ccccc1C(=O)N[C@@H](Cc1ccccc1C=C)C(=O)N(C)OC. The van der Waals surface area contributed by atoms with Crippen LogP contribution in [0, 0.1) is 0 Å². The fraction of sp³-hybridized carbons (Fsp3) is 0.250. The summed E-state index contributed by atoms with van der Waals surface area (Å²) in [5, 5.41) is 3.97. The van der Waals surface area contributed by atoms with E-state index >= 15 is 0 Å². The van der Waals surface area contributed by atoms with E-state index in [2.05, 4.69) is 18.5 Å². The first-order valence-electron chi connectivity index (χ1n) is 9.61. The zero-order valence-electron chi connectivity index (χ0n) is 17.5. The second kappa shape index (κ2) is 11.7. The summed E-state index contributed by atoms with van der Waals surface area (Å²) in [6.07, 6.45) is 3.68. The van der Waals surface area contributed by atoms with Gasteiger partial charge in [-0.1, -0.05) is 61.2 Å². The molecule has 2 aromatic rings. The van der Waals surface area contributed by atoms with Crippen molar-refractivity contribution in [2.45, 2.75) is 19.1 Å². The molecule has 158 valence electrons. The van der Waals surface area contributed by atoms with Gasteiger partial charge in [-0.3, -0.25) is 14.4 Å². The molecule has 1 atom stereocenters. The van der Waals surface area contributed by atoms with E-state index in [4.69, 9.17) is 9.57 Å². The predicted molar refractivity (Wildman–Crippen MR) is 118 cm³/mol. The van der Waals surface area contributed by atoms with Crippen molar-refractivity contribution in [2.24, 2.45) is 0 Å². The van der Waals surface area contributed by atoms with Gasteiger partial charge in [-0.15, -0.1) is 6.58 Å². The minimum absolute atomic E-state index is 0.269. The highest BCUT2D eigenvalue weighted by atomic mass is 16.7. The van der Waals surface area contributed by atoms with Crippen LogP contribution in [0.15, 0.2) is 67.8 Å². The van der Waals surface area contributed by atoms with E-state index in [-0.39, 0.29) is 18.4 Å². The maximum absolute atomic E-state index is 13.1. The smallest absolute Gasteiger partial charge is 0.268 e. The van der Waals surface area contributed by atoms with Crippen molar-refractivity contribution >= 4 is 17.9 Å². The largest absolute Gasteiger partial charge is 0.373 e. The van der Waals surface area contributed by atoms with Crippen LogP contribution in [-0.4, -0.2) is 43.7 Å². The van der Waals surface area contributed by atoms with Crippen LogP contribution in [0.5, 0.6) is 0 Å². The number of carbonyl (C=O) groups is 2. The van der Waals surface area contributed by atoms with Crippen molar-refractivity contribution in [1.82, 2.24) is 10.4 Å². The van der Waals surface area contributed by atoms with Crippen LogP contribution >= 0.6 is 0 Å². The molecule has 0 aliphatic carbocycles. The van der Waals surface area contributed by atoms with E-state index < -0.39 is 6.04 Å². The topological polar surface area (TPSA) is 67.9 Å². The lowest BCUT2D eigenvalue weighted by Gasteiger charge is -2.24. The molecule has 2 amide bonds. The Morgan fingerprint density at radius 1 is 1.10 bits per heavy atom. The van der Waals surface area contributed by atoms with Crippen molar-refractivity contribution in [1.29, 1.82) is 0 Å². The van der Waals surface area contributed by atoms with Gasteiger partial charge in [-0.05, 0) is 22.8 Å². The zero-order chi connectivity index (χ0) is 21.9. The Balaban J connectivity index is 2.27. The van der Waals surface area contributed by atoms with E-state index in [0.717, 1.165) is 21.8 Å². The van der Waals surface area contributed by atoms with Crippen molar-refractivity contribution in [3.63, 3.8) is 0 Å². The monoisotopic (exact) mass is 408 g/mol. The Hall–Kier alpha value is -3.22. The first-order chi connectivity index (χ1) is 14.5.